The topological polar surface area (TPSA) is 57.1 Å². The zero-order chi connectivity index (χ0) is 22.5. The van der Waals surface area contributed by atoms with E-state index in [2.05, 4.69) is 46.6 Å². The molecule has 1 aliphatic rings. The van der Waals surface area contributed by atoms with Crippen molar-refractivity contribution in [2.45, 2.75) is 20.5 Å². The minimum Gasteiger partial charge on any atom is -0.490 e. The Bertz CT molecular complexity index is 1180. The predicted molar refractivity (Wildman–Crippen MR) is 133 cm³/mol. The molecule has 0 fully saturated rings. The van der Waals surface area contributed by atoms with Crippen LogP contribution in [0.2, 0.25) is 0 Å². The van der Waals surface area contributed by atoms with Crippen LogP contribution in [0.1, 0.15) is 29.2 Å². The van der Waals surface area contributed by atoms with Crippen LogP contribution in [-0.2, 0) is 16.1 Å². The maximum absolute atomic E-state index is 12.3. The molecule has 1 aliphatic heterocycles. The SMILES string of the molecule is CCOc1cc(/C=C2\N=C(c3ccc(I)cc3)OC2=O)ccc1OCc1ccc(C)cc1. The molecule has 32 heavy (non-hydrogen) atoms. The van der Waals surface area contributed by atoms with Crippen LogP contribution in [0.25, 0.3) is 6.08 Å². The van der Waals surface area contributed by atoms with Gasteiger partial charge in [0.15, 0.2) is 17.2 Å². The molecule has 0 saturated carbocycles. The molecule has 0 amide bonds. The molecular formula is C26H22INO4. The van der Waals surface area contributed by atoms with Crippen LogP contribution < -0.4 is 9.47 Å². The number of hydrogen-bond donors (Lipinski definition) is 0. The van der Waals surface area contributed by atoms with Crippen LogP contribution in [0.4, 0.5) is 0 Å². The average Bonchev–Trinajstić information content (AvgIpc) is 3.15. The number of benzene rings is 3. The maximum atomic E-state index is 12.3. The minimum absolute atomic E-state index is 0.245. The highest BCUT2D eigenvalue weighted by Gasteiger charge is 2.24. The van der Waals surface area contributed by atoms with E-state index >= 15 is 0 Å². The van der Waals surface area contributed by atoms with Crippen molar-refractivity contribution in [1.29, 1.82) is 0 Å². The molecule has 4 rings (SSSR count). The second-order valence-corrected chi connectivity index (χ2v) is 8.50. The molecule has 0 saturated heterocycles. The minimum atomic E-state index is -0.476. The first-order valence-electron chi connectivity index (χ1n) is 10.3. The van der Waals surface area contributed by atoms with Gasteiger partial charge in [0.05, 0.1) is 6.61 Å². The van der Waals surface area contributed by atoms with E-state index in [4.69, 9.17) is 14.2 Å². The van der Waals surface area contributed by atoms with Gasteiger partial charge in [-0.2, -0.15) is 0 Å². The average molecular weight is 539 g/mol. The highest BCUT2D eigenvalue weighted by Crippen LogP contribution is 2.31. The third-order valence-electron chi connectivity index (χ3n) is 4.80. The van der Waals surface area contributed by atoms with Gasteiger partial charge < -0.3 is 14.2 Å². The highest BCUT2D eigenvalue weighted by atomic mass is 127. The van der Waals surface area contributed by atoms with Gasteiger partial charge >= 0.3 is 5.97 Å². The Labute approximate surface area is 200 Å². The van der Waals surface area contributed by atoms with E-state index in [1.165, 1.54) is 5.56 Å². The second kappa shape index (κ2) is 9.99. The van der Waals surface area contributed by atoms with Gasteiger partial charge in [0, 0.05) is 9.13 Å². The van der Waals surface area contributed by atoms with E-state index in [-0.39, 0.29) is 5.70 Å². The monoisotopic (exact) mass is 539 g/mol. The second-order valence-electron chi connectivity index (χ2n) is 7.26. The number of aryl methyl sites for hydroxylation is 1. The fourth-order valence-electron chi connectivity index (χ4n) is 3.13. The Morgan fingerprint density at radius 1 is 0.969 bits per heavy atom. The fraction of sp³-hybridized carbons (Fsp3) is 0.154. The molecule has 5 nitrogen and oxygen atoms in total. The Kier molecular flexibility index (Phi) is 6.90. The van der Waals surface area contributed by atoms with Gasteiger partial charge in [-0.3, -0.25) is 0 Å². The summed E-state index contributed by atoms with van der Waals surface area (Å²) >= 11 is 2.22. The summed E-state index contributed by atoms with van der Waals surface area (Å²) < 4.78 is 18.2. The summed E-state index contributed by atoms with van der Waals surface area (Å²) in [6.07, 6.45) is 1.69. The van der Waals surface area contributed by atoms with Crippen molar-refractivity contribution >= 4 is 40.5 Å². The third kappa shape index (κ3) is 5.37. The van der Waals surface area contributed by atoms with E-state index in [1.54, 1.807) is 6.08 Å². The Morgan fingerprint density at radius 3 is 2.44 bits per heavy atom. The van der Waals surface area contributed by atoms with Gasteiger partial charge in [-0.1, -0.05) is 35.9 Å². The lowest BCUT2D eigenvalue weighted by Gasteiger charge is -2.13. The number of esters is 1. The normalized spacial score (nSPS) is 14.3. The van der Waals surface area contributed by atoms with Crippen LogP contribution >= 0.6 is 22.6 Å². The number of carbonyl (C=O) groups is 1. The summed E-state index contributed by atoms with van der Waals surface area (Å²) in [6, 6.07) is 21.4. The zero-order valence-corrected chi connectivity index (χ0v) is 20.0. The lowest BCUT2D eigenvalue weighted by Crippen LogP contribution is -2.05. The Balaban J connectivity index is 1.54. The number of aliphatic imine (C=N–C) groups is 1. The van der Waals surface area contributed by atoms with Crippen molar-refractivity contribution in [3.63, 3.8) is 0 Å². The number of hydrogen-bond acceptors (Lipinski definition) is 5. The standard InChI is InChI=1S/C26H22INO4/c1-3-30-24-15-19(8-13-23(24)31-16-18-6-4-17(2)5-7-18)14-22-26(29)32-25(28-22)20-9-11-21(27)12-10-20/h4-15H,3,16H2,1-2H3/b22-14-. The van der Waals surface area contributed by atoms with Crippen molar-refractivity contribution in [1.82, 2.24) is 0 Å². The van der Waals surface area contributed by atoms with Gasteiger partial charge in [-0.05, 0) is 90.0 Å². The molecule has 162 valence electrons. The molecular weight excluding hydrogens is 517 g/mol. The predicted octanol–water partition coefficient (Wildman–Crippen LogP) is 5.92. The van der Waals surface area contributed by atoms with Crippen molar-refractivity contribution in [3.8, 4) is 11.5 Å². The first-order valence-corrected chi connectivity index (χ1v) is 11.3. The quantitative estimate of drug-likeness (QED) is 0.213. The molecule has 0 spiro atoms. The van der Waals surface area contributed by atoms with E-state index in [0.29, 0.717) is 30.6 Å². The summed E-state index contributed by atoms with van der Waals surface area (Å²) in [6.45, 7) is 4.91. The van der Waals surface area contributed by atoms with E-state index < -0.39 is 5.97 Å². The lowest BCUT2D eigenvalue weighted by atomic mass is 10.1. The molecule has 6 heteroatoms. The van der Waals surface area contributed by atoms with Gasteiger partial charge in [-0.15, -0.1) is 0 Å². The molecule has 0 atom stereocenters. The third-order valence-corrected chi connectivity index (χ3v) is 5.52. The van der Waals surface area contributed by atoms with Crippen LogP contribution in [0, 0.1) is 10.5 Å². The zero-order valence-electron chi connectivity index (χ0n) is 17.8. The summed E-state index contributed by atoms with van der Waals surface area (Å²) in [5, 5.41) is 0. The summed E-state index contributed by atoms with van der Waals surface area (Å²) in [5.41, 5.74) is 4.07. The van der Waals surface area contributed by atoms with Crippen molar-refractivity contribution in [2.24, 2.45) is 4.99 Å². The lowest BCUT2D eigenvalue weighted by molar-refractivity contribution is -0.129. The Morgan fingerprint density at radius 2 is 1.72 bits per heavy atom. The molecule has 3 aromatic rings. The highest BCUT2D eigenvalue weighted by molar-refractivity contribution is 14.1. The van der Waals surface area contributed by atoms with Crippen molar-refractivity contribution in [2.75, 3.05) is 6.61 Å². The number of halogens is 1. The molecule has 0 N–H and O–H groups in total. The van der Waals surface area contributed by atoms with Crippen LogP contribution in [0.5, 0.6) is 11.5 Å². The molecule has 3 aromatic carbocycles. The van der Waals surface area contributed by atoms with Gasteiger partial charge in [0.1, 0.15) is 6.61 Å². The summed E-state index contributed by atoms with van der Waals surface area (Å²) in [4.78, 5) is 16.7. The Hall–Kier alpha value is -3.13. The van der Waals surface area contributed by atoms with E-state index in [1.807, 2.05) is 61.5 Å². The molecule has 0 radical (unpaired) electrons. The smallest absolute Gasteiger partial charge is 0.363 e. The number of rotatable bonds is 7. The first-order chi connectivity index (χ1) is 15.5. The summed E-state index contributed by atoms with van der Waals surface area (Å²) in [5.74, 6) is 1.09. The van der Waals surface area contributed by atoms with Gasteiger partial charge in [0.2, 0.25) is 5.90 Å². The largest absolute Gasteiger partial charge is 0.490 e. The van der Waals surface area contributed by atoms with Crippen molar-refractivity contribution < 1.29 is 19.0 Å². The van der Waals surface area contributed by atoms with Gasteiger partial charge in [-0.25, -0.2) is 9.79 Å². The number of nitrogens with zero attached hydrogens (tertiary/aromatic N) is 1. The van der Waals surface area contributed by atoms with Gasteiger partial charge in [0.25, 0.3) is 0 Å². The maximum Gasteiger partial charge on any atom is 0.363 e. The fourth-order valence-corrected chi connectivity index (χ4v) is 3.49. The van der Waals surface area contributed by atoms with E-state index in [0.717, 1.165) is 20.3 Å². The molecule has 0 aromatic heterocycles. The first kappa shape index (κ1) is 22.1. The summed E-state index contributed by atoms with van der Waals surface area (Å²) in [7, 11) is 0. The number of ether oxygens (including phenoxy) is 3. The van der Waals surface area contributed by atoms with E-state index in [9.17, 15) is 4.79 Å². The molecule has 1 heterocycles. The van der Waals surface area contributed by atoms with Crippen LogP contribution in [-0.4, -0.2) is 18.5 Å². The van der Waals surface area contributed by atoms with Crippen LogP contribution in [0.15, 0.2) is 77.4 Å². The number of carbonyl (C=O) groups excluding carboxylic acids is 1. The molecule has 0 aliphatic carbocycles. The number of cyclic esters (lactones) is 1. The van der Waals surface area contributed by atoms with Crippen molar-refractivity contribution in [3.05, 3.63) is 98.3 Å². The van der Waals surface area contributed by atoms with Crippen LogP contribution in [0.3, 0.4) is 0 Å². The molecule has 0 bridgehead atoms. The molecule has 0 unspecified atom stereocenters.